The van der Waals surface area contributed by atoms with Gasteiger partial charge in [-0.3, -0.25) is 0 Å². The molecule has 0 amide bonds. The van der Waals surface area contributed by atoms with E-state index in [-0.39, 0.29) is 5.04 Å². The maximum absolute atomic E-state index is 6.46. The van der Waals surface area contributed by atoms with Crippen molar-refractivity contribution in [1.29, 1.82) is 0 Å². The van der Waals surface area contributed by atoms with Crippen LogP contribution in [0.5, 0.6) is 5.75 Å². The van der Waals surface area contributed by atoms with E-state index in [1.165, 1.54) is 5.56 Å². The van der Waals surface area contributed by atoms with Crippen molar-refractivity contribution >= 4 is 8.32 Å². The van der Waals surface area contributed by atoms with Gasteiger partial charge in [0, 0.05) is 11.6 Å². The van der Waals surface area contributed by atoms with Crippen LogP contribution in [0.1, 0.15) is 46.2 Å². The number of hydrogen-bond acceptors (Lipinski definition) is 2. The average Bonchev–Trinajstić information content (AvgIpc) is 2.28. The van der Waals surface area contributed by atoms with Gasteiger partial charge in [0.1, 0.15) is 5.75 Å². The Labute approximate surface area is 119 Å². The zero-order chi connectivity index (χ0) is 14.7. The quantitative estimate of drug-likeness (QED) is 0.786. The van der Waals surface area contributed by atoms with E-state index in [0.29, 0.717) is 6.04 Å². The first-order valence-corrected chi connectivity index (χ1v) is 10.1. The molecule has 0 spiro atoms. The predicted molar refractivity (Wildman–Crippen MR) is 86.4 cm³/mol. The molecule has 3 heteroatoms. The molecule has 0 aromatic heterocycles. The van der Waals surface area contributed by atoms with Gasteiger partial charge in [0.2, 0.25) is 8.32 Å². The highest BCUT2D eigenvalue weighted by molar-refractivity contribution is 6.74. The van der Waals surface area contributed by atoms with Crippen molar-refractivity contribution < 1.29 is 4.43 Å². The highest BCUT2D eigenvalue weighted by atomic mass is 28.4. The van der Waals surface area contributed by atoms with Crippen LogP contribution in [0.25, 0.3) is 0 Å². The molecule has 0 saturated heterocycles. The van der Waals surface area contributed by atoms with E-state index in [9.17, 15) is 0 Å². The van der Waals surface area contributed by atoms with Gasteiger partial charge in [0.25, 0.3) is 0 Å². The minimum Gasteiger partial charge on any atom is -0.543 e. The molecule has 1 N–H and O–H groups in total. The van der Waals surface area contributed by atoms with Crippen LogP contribution in [0, 0.1) is 0 Å². The molecule has 19 heavy (non-hydrogen) atoms. The minimum absolute atomic E-state index is 0.224. The number of hydrogen-bond donors (Lipinski definition) is 1. The molecule has 0 heterocycles. The van der Waals surface area contributed by atoms with Crippen molar-refractivity contribution in [2.75, 3.05) is 6.54 Å². The fraction of sp³-hybridized carbons (Fsp3) is 0.625. The number of rotatable bonds is 5. The van der Waals surface area contributed by atoms with E-state index in [0.717, 1.165) is 12.3 Å². The Morgan fingerprint density at radius 3 is 2.32 bits per heavy atom. The van der Waals surface area contributed by atoms with Crippen LogP contribution in [-0.4, -0.2) is 14.9 Å². The van der Waals surface area contributed by atoms with E-state index < -0.39 is 8.32 Å². The zero-order valence-corrected chi connectivity index (χ0v) is 14.5. The molecule has 0 aliphatic rings. The van der Waals surface area contributed by atoms with Gasteiger partial charge in [0.05, 0.1) is 0 Å². The highest BCUT2D eigenvalue weighted by Gasteiger charge is 2.39. The monoisotopic (exact) mass is 279 g/mol. The Morgan fingerprint density at radius 2 is 1.79 bits per heavy atom. The maximum atomic E-state index is 6.46. The van der Waals surface area contributed by atoms with Gasteiger partial charge in [-0.2, -0.15) is 0 Å². The lowest BCUT2D eigenvalue weighted by atomic mass is 10.1. The summed E-state index contributed by atoms with van der Waals surface area (Å²) in [5, 5.41) is 3.69. The summed E-state index contributed by atoms with van der Waals surface area (Å²) in [7, 11) is -1.77. The van der Waals surface area contributed by atoms with E-state index >= 15 is 0 Å². The zero-order valence-electron chi connectivity index (χ0n) is 13.5. The summed E-state index contributed by atoms with van der Waals surface area (Å²) in [5.41, 5.74) is 1.26. The molecule has 0 aliphatic carbocycles. The highest BCUT2D eigenvalue weighted by Crippen LogP contribution is 2.38. The third-order valence-corrected chi connectivity index (χ3v) is 8.41. The number of benzene rings is 1. The Kier molecular flexibility index (Phi) is 5.22. The molecule has 1 rings (SSSR count). The van der Waals surface area contributed by atoms with E-state index in [1.807, 2.05) is 0 Å². The normalized spacial score (nSPS) is 14.3. The summed E-state index contributed by atoms with van der Waals surface area (Å²) in [6.07, 6.45) is 0. The third-order valence-electron chi connectivity index (χ3n) is 4.07. The summed E-state index contributed by atoms with van der Waals surface area (Å²) in [5.74, 6) is 1.04. The lowest BCUT2D eigenvalue weighted by Gasteiger charge is -2.37. The van der Waals surface area contributed by atoms with Crippen LogP contribution in [0.4, 0.5) is 0 Å². The standard InChI is InChI=1S/C16H29NOSi/c1-8-17-13(2)14-11-9-10-12-15(14)18-19(6,7)16(3,4)5/h9-13,17H,8H2,1-7H3. The Balaban J connectivity index is 3.02. The molecule has 0 fully saturated rings. The van der Waals surface area contributed by atoms with Crippen LogP contribution in [-0.2, 0) is 0 Å². The van der Waals surface area contributed by atoms with Crippen molar-refractivity contribution in [2.45, 2.75) is 58.8 Å². The molecule has 1 aromatic rings. The van der Waals surface area contributed by atoms with Gasteiger partial charge in [-0.05, 0) is 37.7 Å². The molecule has 0 saturated carbocycles. The van der Waals surface area contributed by atoms with Crippen molar-refractivity contribution in [3.63, 3.8) is 0 Å². The SMILES string of the molecule is CCNC(C)c1ccccc1O[Si](C)(C)C(C)(C)C. The van der Waals surface area contributed by atoms with Gasteiger partial charge in [-0.1, -0.05) is 45.9 Å². The van der Waals surface area contributed by atoms with Crippen LogP contribution < -0.4 is 9.74 Å². The second-order valence-electron chi connectivity index (χ2n) is 6.68. The van der Waals surface area contributed by atoms with Crippen molar-refractivity contribution in [1.82, 2.24) is 5.32 Å². The van der Waals surface area contributed by atoms with Crippen LogP contribution >= 0.6 is 0 Å². The molecule has 1 aromatic carbocycles. The van der Waals surface area contributed by atoms with Gasteiger partial charge < -0.3 is 9.74 Å². The smallest absolute Gasteiger partial charge is 0.250 e. The summed E-state index contributed by atoms with van der Waals surface area (Å²) >= 11 is 0. The molecule has 0 aliphatic heterocycles. The topological polar surface area (TPSA) is 21.3 Å². The number of para-hydroxylation sites is 1. The molecule has 108 valence electrons. The molecule has 1 unspecified atom stereocenters. The Morgan fingerprint density at radius 1 is 1.21 bits per heavy atom. The molecular weight excluding hydrogens is 250 g/mol. The molecule has 2 nitrogen and oxygen atoms in total. The van der Waals surface area contributed by atoms with Crippen LogP contribution in [0.2, 0.25) is 18.1 Å². The minimum atomic E-state index is -1.77. The fourth-order valence-electron chi connectivity index (χ4n) is 1.78. The first kappa shape index (κ1) is 16.3. The van der Waals surface area contributed by atoms with Crippen LogP contribution in [0.15, 0.2) is 24.3 Å². The van der Waals surface area contributed by atoms with Gasteiger partial charge in [-0.15, -0.1) is 0 Å². The molecular formula is C16H29NOSi. The second kappa shape index (κ2) is 6.10. The third kappa shape index (κ3) is 4.08. The summed E-state index contributed by atoms with van der Waals surface area (Å²) in [6, 6.07) is 8.73. The van der Waals surface area contributed by atoms with Gasteiger partial charge >= 0.3 is 0 Å². The fourth-order valence-corrected chi connectivity index (χ4v) is 2.82. The summed E-state index contributed by atoms with van der Waals surface area (Å²) in [6.45, 7) is 16.7. The van der Waals surface area contributed by atoms with Crippen molar-refractivity contribution in [3.05, 3.63) is 29.8 Å². The van der Waals surface area contributed by atoms with Gasteiger partial charge in [-0.25, -0.2) is 0 Å². The van der Waals surface area contributed by atoms with E-state index in [1.54, 1.807) is 0 Å². The summed E-state index contributed by atoms with van der Waals surface area (Å²) < 4.78 is 6.46. The van der Waals surface area contributed by atoms with E-state index in [2.05, 4.69) is 77.3 Å². The predicted octanol–water partition coefficient (Wildman–Crippen LogP) is 4.74. The number of nitrogens with one attached hydrogen (secondary N) is 1. The first-order valence-electron chi connectivity index (χ1n) is 7.20. The lowest BCUT2D eigenvalue weighted by molar-refractivity contribution is 0.475. The maximum Gasteiger partial charge on any atom is 0.250 e. The van der Waals surface area contributed by atoms with Crippen molar-refractivity contribution in [2.24, 2.45) is 0 Å². The molecule has 1 atom stereocenters. The Bertz CT molecular complexity index is 409. The first-order chi connectivity index (χ1) is 8.69. The second-order valence-corrected chi connectivity index (χ2v) is 11.4. The van der Waals surface area contributed by atoms with Crippen LogP contribution in [0.3, 0.4) is 0 Å². The van der Waals surface area contributed by atoms with E-state index in [4.69, 9.17) is 4.43 Å². The van der Waals surface area contributed by atoms with Crippen molar-refractivity contribution in [3.8, 4) is 5.75 Å². The average molecular weight is 280 g/mol. The van der Waals surface area contributed by atoms with Gasteiger partial charge in [0.15, 0.2) is 0 Å². The molecule has 0 radical (unpaired) electrons. The molecule has 0 bridgehead atoms. The largest absolute Gasteiger partial charge is 0.543 e. The Hall–Kier alpha value is -0.803. The summed E-state index contributed by atoms with van der Waals surface area (Å²) in [4.78, 5) is 0. The lowest BCUT2D eigenvalue weighted by Crippen LogP contribution is -2.44.